The highest BCUT2D eigenvalue weighted by atomic mass is 35.5. The summed E-state index contributed by atoms with van der Waals surface area (Å²) in [5, 5.41) is 2.77. The lowest BCUT2D eigenvalue weighted by molar-refractivity contribution is -0.108. The third-order valence-electron chi connectivity index (χ3n) is 1.97. The number of carbonyl (C=O) groups is 1. The normalized spacial score (nSPS) is 14.7. The third kappa shape index (κ3) is 7.29. The molecule has 0 rings (SSSR count). The fourth-order valence-corrected chi connectivity index (χ4v) is 4.00. The van der Waals surface area contributed by atoms with Crippen molar-refractivity contribution in [2.45, 2.75) is 6.42 Å². The molecule has 0 fully saturated rings. The van der Waals surface area contributed by atoms with Gasteiger partial charge >= 0.3 is 7.67 Å². The zero-order chi connectivity index (χ0) is 13.9. The van der Waals surface area contributed by atoms with Gasteiger partial charge in [0.05, 0.1) is 6.61 Å². The van der Waals surface area contributed by atoms with Gasteiger partial charge in [0.2, 0.25) is 0 Å². The van der Waals surface area contributed by atoms with Crippen LogP contribution in [0.1, 0.15) is 6.42 Å². The van der Waals surface area contributed by atoms with E-state index >= 15 is 0 Å². The Balaban J connectivity index is 4.65. The first kappa shape index (κ1) is 18.7. The molecular weight excluding hydrogens is 321 g/mol. The van der Waals surface area contributed by atoms with Gasteiger partial charge in [-0.15, -0.1) is 34.8 Å². The maximum atomic E-state index is 12.6. The second kappa shape index (κ2) is 11.5. The molecule has 0 saturated carbocycles. The number of hydrogen-bond donors (Lipinski definition) is 1. The third-order valence-corrected chi connectivity index (χ3v) is 4.79. The summed E-state index contributed by atoms with van der Waals surface area (Å²) in [4.78, 5) is 10.3. The van der Waals surface area contributed by atoms with Crippen LogP contribution >= 0.6 is 42.5 Å². The lowest BCUT2D eigenvalue weighted by Gasteiger charge is -2.30. The van der Waals surface area contributed by atoms with E-state index < -0.39 is 7.67 Å². The van der Waals surface area contributed by atoms with E-state index in [1.54, 1.807) is 4.67 Å². The van der Waals surface area contributed by atoms with Gasteiger partial charge in [0.1, 0.15) is 6.29 Å². The molecule has 0 heterocycles. The van der Waals surface area contributed by atoms with Crippen LogP contribution in [0, 0.1) is 0 Å². The summed E-state index contributed by atoms with van der Waals surface area (Å²) in [5.41, 5.74) is 0. The van der Waals surface area contributed by atoms with Crippen molar-refractivity contribution >= 4 is 48.8 Å². The average molecular weight is 340 g/mol. The van der Waals surface area contributed by atoms with Crippen LogP contribution in [0.5, 0.6) is 0 Å². The first-order valence-electron chi connectivity index (χ1n) is 5.51. The molecule has 1 unspecified atom stereocenters. The number of nitrogens with one attached hydrogen (secondary N) is 1. The average Bonchev–Trinajstić information content (AvgIpc) is 2.36. The fourth-order valence-electron chi connectivity index (χ4n) is 1.21. The summed E-state index contributed by atoms with van der Waals surface area (Å²) in [6.07, 6.45) is 0.890. The highest BCUT2D eigenvalue weighted by Gasteiger charge is 2.30. The molecule has 0 saturated heterocycles. The van der Waals surface area contributed by atoms with Crippen molar-refractivity contribution in [3.05, 3.63) is 0 Å². The largest absolute Gasteiger partial charge is 0.343 e. The van der Waals surface area contributed by atoms with E-state index in [-0.39, 0.29) is 13.0 Å². The highest BCUT2D eigenvalue weighted by Crippen LogP contribution is 2.46. The molecule has 1 N–H and O–H groups in total. The summed E-state index contributed by atoms with van der Waals surface area (Å²) < 4.78 is 19.5. The van der Waals surface area contributed by atoms with Gasteiger partial charge in [-0.2, -0.15) is 0 Å². The Morgan fingerprint density at radius 3 is 2.22 bits per heavy atom. The zero-order valence-corrected chi connectivity index (χ0v) is 13.1. The van der Waals surface area contributed by atoms with Crippen LogP contribution in [0.25, 0.3) is 0 Å². The van der Waals surface area contributed by atoms with Gasteiger partial charge in [-0.3, -0.25) is 4.57 Å². The first-order valence-corrected chi connectivity index (χ1v) is 8.69. The Kier molecular flexibility index (Phi) is 11.9. The minimum atomic E-state index is -3.24. The number of alkyl halides is 3. The quantitative estimate of drug-likeness (QED) is 0.256. The number of rotatable bonds is 12. The predicted octanol–water partition coefficient (Wildman–Crippen LogP) is 2.31. The van der Waals surface area contributed by atoms with Crippen LogP contribution in [0.3, 0.4) is 0 Å². The minimum Gasteiger partial charge on any atom is -0.306 e. The van der Waals surface area contributed by atoms with E-state index in [4.69, 9.17) is 39.3 Å². The Morgan fingerprint density at radius 2 is 1.78 bits per heavy atom. The summed E-state index contributed by atoms with van der Waals surface area (Å²) in [6.45, 7) is 1.17. The van der Waals surface area contributed by atoms with Crippen molar-refractivity contribution in [3.8, 4) is 0 Å². The predicted molar refractivity (Wildman–Crippen MR) is 76.0 cm³/mol. The van der Waals surface area contributed by atoms with Gasteiger partial charge in [-0.05, 0) is 0 Å². The van der Waals surface area contributed by atoms with Crippen LogP contribution in [-0.4, -0.2) is 54.8 Å². The van der Waals surface area contributed by atoms with Crippen LogP contribution in [-0.2, 0) is 13.9 Å². The maximum absolute atomic E-state index is 12.6. The van der Waals surface area contributed by atoms with Crippen LogP contribution in [0.2, 0.25) is 0 Å². The number of hydrogen-bond acceptors (Lipinski definition) is 3. The van der Waals surface area contributed by atoms with Gasteiger partial charge in [0.25, 0.3) is 0 Å². The van der Waals surface area contributed by atoms with Crippen molar-refractivity contribution in [2.75, 3.05) is 43.9 Å². The molecule has 0 aromatic carbocycles. The molecule has 0 radical (unpaired) electrons. The molecular formula is C9H18Cl3N2O3P. The molecule has 0 bridgehead atoms. The van der Waals surface area contributed by atoms with Crippen molar-refractivity contribution < 1.29 is 13.9 Å². The van der Waals surface area contributed by atoms with Gasteiger partial charge in [0.15, 0.2) is 0 Å². The van der Waals surface area contributed by atoms with Gasteiger partial charge < -0.3 is 9.32 Å². The smallest absolute Gasteiger partial charge is 0.306 e. The number of carbonyl (C=O) groups excluding carboxylic acids is 1. The molecule has 1 atom stereocenters. The van der Waals surface area contributed by atoms with Crippen molar-refractivity contribution in [1.82, 2.24) is 9.76 Å². The van der Waals surface area contributed by atoms with Gasteiger partial charge in [-0.25, -0.2) is 9.76 Å². The molecule has 0 aliphatic heterocycles. The van der Waals surface area contributed by atoms with E-state index in [0.29, 0.717) is 43.6 Å². The topological polar surface area (TPSA) is 58.6 Å². The Hall–Kier alpha value is 0.650. The molecule has 18 heavy (non-hydrogen) atoms. The van der Waals surface area contributed by atoms with E-state index in [9.17, 15) is 9.36 Å². The van der Waals surface area contributed by atoms with Gasteiger partial charge in [-0.1, -0.05) is 0 Å². The Morgan fingerprint density at radius 1 is 1.17 bits per heavy atom. The highest BCUT2D eigenvalue weighted by molar-refractivity contribution is 7.54. The van der Waals surface area contributed by atoms with E-state index in [0.717, 1.165) is 0 Å². The van der Waals surface area contributed by atoms with Crippen molar-refractivity contribution in [1.29, 1.82) is 0 Å². The van der Waals surface area contributed by atoms with Crippen LogP contribution in [0.15, 0.2) is 0 Å². The molecule has 0 spiro atoms. The van der Waals surface area contributed by atoms with Gasteiger partial charge in [0, 0.05) is 43.7 Å². The van der Waals surface area contributed by atoms with E-state index in [1.165, 1.54) is 0 Å². The van der Waals surface area contributed by atoms with E-state index in [2.05, 4.69) is 5.09 Å². The molecule has 0 aromatic heterocycles. The summed E-state index contributed by atoms with van der Waals surface area (Å²) in [7, 11) is -3.24. The Labute approximate surface area is 123 Å². The second-order valence-corrected chi connectivity index (χ2v) is 6.55. The first-order chi connectivity index (χ1) is 8.64. The SMILES string of the molecule is O=CCCOP(=O)(NCCCl)N(CCCl)CCCl. The standard InChI is InChI=1S/C9H18Cl3N2O3P/c10-2-5-13-18(16,17-9-1-8-15)14(6-3-11)7-4-12/h8H,1-7,9H2,(H,13,16). The second-order valence-electron chi connectivity index (χ2n) is 3.24. The maximum Gasteiger partial charge on any atom is 0.343 e. The van der Waals surface area contributed by atoms with Crippen molar-refractivity contribution in [2.24, 2.45) is 0 Å². The lowest BCUT2D eigenvalue weighted by atomic mass is 10.5. The van der Waals surface area contributed by atoms with E-state index in [1.807, 2.05) is 0 Å². The molecule has 0 aliphatic rings. The Bertz CT molecular complexity index is 265. The molecule has 108 valence electrons. The summed E-state index contributed by atoms with van der Waals surface area (Å²) >= 11 is 16.9. The van der Waals surface area contributed by atoms with Crippen LogP contribution in [0.4, 0.5) is 0 Å². The molecule has 0 aromatic rings. The number of aldehydes is 1. The molecule has 5 nitrogen and oxygen atoms in total. The number of nitrogens with zero attached hydrogens (tertiary/aromatic N) is 1. The monoisotopic (exact) mass is 338 g/mol. The lowest BCUT2D eigenvalue weighted by Crippen LogP contribution is -2.33. The zero-order valence-electron chi connectivity index (χ0n) is 9.99. The summed E-state index contributed by atoms with van der Waals surface area (Å²) in [5.74, 6) is 0.914. The molecule has 9 heteroatoms. The van der Waals surface area contributed by atoms with Crippen molar-refractivity contribution in [3.63, 3.8) is 0 Å². The number of halogens is 3. The molecule has 0 amide bonds. The van der Waals surface area contributed by atoms with Crippen LogP contribution < -0.4 is 5.09 Å². The fraction of sp³-hybridized carbons (Fsp3) is 0.889. The minimum absolute atomic E-state index is 0.0805. The summed E-state index contributed by atoms with van der Waals surface area (Å²) in [6, 6.07) is 0. The molecule has 0 aliphatic carbocycles.